The van der Waals surface area contributed by atoms with Crippen LogP contribution in [0, 0.1) is 13.0 Å². The Hall–Kier alpha value is -1.77. The zero-order valence-electron chi connectivity index (χ0n) is 17.8. The van der Waals surface area contributed by atoms with Crippen LogP contribution in [0.2, 0.25) is 0 Å². The first kappa shape index (κ1) is 22.9. The molecule has 1 heterocycles. The molecule has 0 unspecified atom stereocenters. The van der Waals surface area contributed by atoms with Crippen molar-refractivity contribution in [2.45, 2.75) is 39.5 Å². The molecule has 0 bridgehead atoms. The molecule has 1 aliphatic carbocycles. The van der Waals surface area contributed by atoms with Gasteiger partial charge in [-0.1, -0.05) is 35.4 Å². The minimum Gasteiger partial charge on any atom is -0.214 e. The van der Waals surface area contributed by atoms with Crippen molar-refractivity contribution in [3.05, 3.63) is 112 Å². The van der Waals surface area contributed by atoms with Crippen molar-refractivity contribution in [3.8, 4) is 11.1 Å². The van der Waals surface area contributed by atoms with E-state index in [1.165, 1.54) is 75.2 Å². The van der Waals surface area contributed by atoms with Crippen LogP contribution in [0.4, 0.5) is 0 Å². The van der Waals surface area contributed by atoms with Crippen LogP contribution in [-0.2, 0) is 30.3 Å². The second kappa shape index (κ2) is 12.2. The van der Waals surface area contributed by atoms with Crippen LogP contribution in [0.15, 0.2) is 84.9 Å². The van der Waals surface area contributed by atoms with Crippen LogP contribution in [0.25, 0.3) is 11.1 Å². The van der Waals surface area contributed by atoms with Gasteiger partial charge in [-0.05, 0) is 6.42 Å². The van der Waals surface area contributed by atoms with Gasteiger partial charge in [0.15, 0.2) is 0 Å². The molecule has 2 heteroatoms. The zero-order chi connectivity index (χ0) is 21.2. The number of hydrogen-bond donors (Lipinski definition) is 0. The molecule has 4 aromatic rings. The fourth-order valence-corrected chi connectivity index (χ4v) is 5.72. The fourth-order valence-electron chi connectivity index (χ4n) is 3.39. The molecule has 0 spiro atoms. The Morgan fingerprint density at radius 1 is 1.00 bits per heavy atom. The van der Waals surface area contributed by atoms with Gasteiger partial charge in [-0.25, -0.2) is 12.1 Å². The molecule has 1 aliphatic rings. The maximum Gasteiger partial charge on any atom is -0.0253 e. The van der Waals surface area contributed by atoms with E-state index in [1.807, 2.05) is 47.7 Å². The molecular weight excluding hydrogens is 547 g/mol. The first-order valence-corrected chi connectivity index (χ1v) is 13.2. The molecule has 1 aromatic heterocycles. The molecule has 0 amide bonds. The summed E-state index contributed by atoms with van der Waals surface area (Å²) in [6, 6.07) is 32.6. The van der Waals surface area contributed by atoms with Crippen molar-refractivity contribution in [2.75, 3.05) is 0 Å². The number of benzene rings is 2. The molecule has 0 saturated carbocycles. The number of rotatable bonds is 4. The van der Waals surface area contributed by atoms with Crippen LogP contribution in [-0.4, -0.2) is 3.26 Å². The number of unbranched alkanes of at least 4 members (excludes halogenated alkanes) is 1. The Kier molecular flexibility index (Phi) is 9.29. The van der Waals surface area contributed by atoms with E-state index in [2.05, 4.69) is 68.4 Å². The van der Waals surface area contributed by atoms with Crippen LogP contribution in [0.1, 0.15) is 47.1 Å². The van der Waals surface area contributed by atoms with E-state index < -0.39 is 0 Å². The molecule has 5 rings (SSSR count). The second-order valence-corrected chi connectivity index (χ2v) is 10.8. The molecule has 0 aliphatic heterocycles. The average molecular weight is 575 g/mol. The fraction of sp³-hybridized carbons (Fsp3) is 0.214. The summed E-state index contributed by atoms with van der Waals surface area (Å²) in [7, 11) is 0. The van der Waals surface area contributed by atoms with Crippen LogP contribution in [0.3, 0.4) is 0 Å². The third-order valence-electron chi connectivity index (χ3n) is 4.99. The molecule has 0 atom stereocenters. The third-order valence-corrected chi connectivity index (χ3v) is 8.57. The van der Waals surface area contributed by atoms with Gasteiger partial charge >= 0.3 is 93.5 Å². The molecule has 150 valence electrons. The summed E-state index contributed by atoms with van der Waals surface area (Å²) >= 11 is 3.18. The van der Waals surface area contributed by atoms with E-state index in [-0.39, 0.29) is 0 Å². The summed E-state index contributed by atoms with van der Waals surface area (Å²) in [6.45, 7) is 4.44. The van der Waals surface area contributed by atoms with Gasteiger partial charge in [0.25, 0.3) is 0 Å². The molecule has 0 saturated heterocycles. The normalized spacial score (nSPS) is 10.8. The van der Waals surface area contributed by atoms with E-state index >= 15 is 0 Å². The summed E-state index contributed by atoms with van der Waals surface area (Å²) in [5.74, 6) is 0. The van der Waals surface area contributed by atoms with Gasteiger partial charge in [-0.15, -0.1) is 5.56 Å². The first-order valence-electron chi connectivity index (χ1n) is 10.6. The van der Waals surface area contributed by atoms with Crippen molar-refractivity contribution >= 4 is 14.6 Å². The topological polar surface area (TPSA) is 0 Å². The number of thiophene rings is 1. The monoisotopic (exact) mass is 576 g/mol. The maximum absolute atomic E-state index is 3.30. The van der Waals surface area contributed by atoms with E-state index in [0.29, 0.717) is 0 Å². The summed E-state index contributed by atoms with van der Waals surface area (Å²) in [6.07, 6.45) is 5.04. The zero-order valence-corrected chi connectivity index (χ0v) is 22.2. The molecular formula is C28H28HfS. The number of aryl methyl sites for hydroxylation is 1. The summed E-state index contributed by atoms with van der Waals surface area (Å²) in [4.78, 5) is 2.97. The first-order chi connectivity index (χ1) is 14.7. The predicted molar refractivity (Wildman–Crippen MR) is 128 cm³/mol. The smallest absolute Gasteiger partial charge is 0.0253 e. The van der Waals surface area contributed by atoms with Crippen LogP contribution < -0.4 is 0 Å². The summed E-state index contributed by atoms with van der Waals surface area (Å²) in [5, 5.41) is 0. The summed E-state index contributed by atoms with van der Waals surface area (Å²) in [5.41, 5.74) is 5.51. The van der Waals surface area contributed by atoms with Gasteiger partial charge < -0.3 is 0 Å². The standard InChI is InChI=1S/C13H9.C10H14S.C5H5.Hf/c1-3-7-12-10(5-1)9-11-6-2-4-8-13(11)12;1-3-4-5-6-10-8-7-9(2)11-10;1-2-4-5-3-1;/h1-5,7-8H,9H2;7-8H,3-5H2,1-2H3;1-5H;/q-1;;-1;+2. The Bertz CT molecular complexity index is 979. The molecule has 0 N–H and O–H groups in total. The van der Waals surface area contributed by atoms with Crippen LogP contribution in [0.5, 0.6) is 0 Å². The molecule has 0 radical (unpaired) electrons. The maximum atomic E-state index is 3.30. The average Bonchev–Trinajstić information content (AvgIpc) is 3.54. The Morgan fingerprint density at radius 2 is 1.77 bits per heavy atom. The molecule has 0 fully saturated rings. The minimum atomic E-state index is 1.05. The van der Waals surface area contributed by atoms with Crippen molar-refractivity contribution < 1.29 is 23.9 Å². The van der Waals surface area contributed by atoms with Gasteiger partial charge in [-0.2, -0.15) is 48.0 Å². The van der Waals surface area contributed by atoms with Crippen molar-refractivity contribution in [2.24, 2.45) is 0 Å². The molecule has 0 nitrogen and oxygen atoms in total. The van der Waals surface area contributed by atoms with Gasteiger partial charge in [0.05, 0.1) is 0 Å². The van der Waals surface area contributed by atoms with Crippen molar-refractivity contribution in [1.29, 1.82) is 0 Å². The quantitative estimate of drug-likeness (QED) is 0.152. The third kappa shape index (κ3) is 6.62. The SMILES string of the molecule is CCCC[C](=[Hf+2])c1ccc(C)s1.[c-]1cccc2c1Cc1ccccc1-2.c1cc[cH-]c1. The largest absolute Gasteiger partial charge is 0.214 e. The van der Waals surface area contributed by atoms with Gasteiger partial charge in [-0.3, -0.25) is 0 Å². The van der Waals surface area contributed by atoms with E-state index in [1.54, 1.807) is 3.26 Å². The Balaban J connectivity index is 0.000000140. The molecule has 30 heavy (non-hydrogen) atoms. The Labute approximate surface area is 200 Å². The van der Waals surface area contributed by atoms with Gasteiger partial charge in [0.1, 0.15) is 0 Å². The van der Waals surface area contributed by atoms with E-state index in [0.717, 1.165) is 6.42 Å². The molecule has 3 aromatic carbocycles. The minimum absolute atomic E-state index is 1.05. The van der Waals surface area contributed by atoms with Gasteiger partial charge in [0.2, 0.25) is 0 Å². The van der Waals surface area contributed by atoms with E-state index in [9.17, 15) is 0 Å². The Morgan fingerprint density at radius 3 is 2.43 bits per heavy atom. The van der Waals surface area contributed by atoms with Crippen LogP contribution >= 0.6 is 11.3 Å². The second-order valence-electron chi connectivity index (χ2n) is 7.35. The number of hydrogen-bond acceptors (Lipinski definition) is 1. The van der Waals surface area contributed by atoms with E-state index in [4.69, 9.17) is 0 Å². The van der Waals surface area contributed by atoms with Crippen molar-refractivity contribution in [1.82, 2.24) is 0 Å². The predicted octanol–water partition coefficient (Wildman–Crippen LogP) is 7.78. The number of fused-ring (bicyclic) bond motifs is 3. The summed E-state index contributed by atoms with van der Waals surface area (Å²) < 4.78 is 1.69. The van der Waals surface area contributed by atoms with Gasteiger partial charge in [0, 0.05) is 0 Å². The van der Waals surface area contributed by atoms with Crippen molar-refractivity contribution in [3.63, 3.8) is 0 Å².